The third-order valence-corrected chi connectivity index (χ3v) is 5.83. The molecule has 1 saturated heterocycles. The average molecular weight is 457 g/mol. The van der Waals surface area contributed by atoms with E-state index in [1.165, 1.54) is 11.2 Å². The summed E-state index contributed by atoms with van der Waals surface area (Å²) in [5.74, 6) is -0.126. The number of ether oxygens (including phenoxy) is 2. The second kappa shape index (κ2) is 9.63. The molecule has 2 N–H and O–H groups in total. The second-order valence-corrected chi connectivity index (χ2v) is 8.18. The fourth-order valence-corrected chi connectivity index (χ4v) is 4.26. The van der Waals surface area contributed by atoms with Crippen LogP contribution >= 0.6 is 0 Å². The molecule has 1 fully saturated rings. The minimum atomic E-state index is -1.38. The molecule has 2 amide bonds. The van der Waals surface area contributed by atoms with E-state index in [2.05, 4.69) is 5.16 Å². The average Bonchev–Trinajstić information content (AvgIpc) is 3.46. The number of aliphatic hydroxyl groups is 2. The maximum atomic E-state index is 12.5. The van der Waals surface area contributed by atoms with Crippen molar-refractivity contribution in [2.24, 2.45) is 0 Å². The van der Waals surface area contributed by atoms with Gasteiger partial charge in [-0.15, -0.1) is 0 Å². The molecule has 1 aromatic heterocycles. The van der Waals surface area contributed by atoms with Crippen molar-refractivity contribution in [3.05, 3.63) is 47.2 Å². The highest BCUT2D eigenvalue weighted by Crippen LogP contribution is 2.33. The van der Waals surface area contributed by atoms with Gasteiger partial charge in [0.2, 0.25) is 0 Å². The number of cyclic esters (lactones) is 1. The Labute approximate surface area is 191 Å². The number of aromatic nitrogens is 1. The van der Waals surface area contributed by atoms with E-state index in [0.717, 1.165) is 28.0 Å². The van der Waals surface area contributed by atoms with Crippen LogP contribution in [-0.4, -0.2) is 77.3 Å². The topological polar surface area (TPSA) is 126 Å². The van der Waals surface area contributed by atoms with Gasteiger partial charge in [-0.1, -0.05) is 6.08 Å². The summed E-state index contributed by atoms with van der Waals surface area (Å²) < 4.78 is 15.6. The summed E-state index contributed by atoms with van der Waals surface area (Å²) >= 11 is 0. The summed E-state index contributed by atoms with van der Waals surface area (Å²) in [5, 5.41) is 22.3. The van der Waals surface area contributed by atoms with E-state index in [0.29, 0.717) is 31.9 Å². The molecule has 10 heteroatoms. The maximum absolute atomic E-state index is 12.5. The van der Waals surface area contributed by atoms with E-state index in [4.69, 9.17) is 19.1 Å². The van der Waals surface area contributed by atoms with Gasteiger partial charge >= 0.3 is 6.09 Å². The van der Waals surface area contributed by atoms with Crippen LogP contribution in [0.25, 0.3) is 5.57 Å². The Bertz CT molecular complexity index is 1030. The smallest absolute Gasteiger partial charge is 0.414 e. The van der Waals surface area contributed by atoms with E-state index in [-0.39, 0.29) is 6.61 Å². The summed E-state index contributed by atoms with van der Waals surface area (Å²) in [5.41, 5.74) is 4.99. The predicted octanol–water partition coefficient (Wildman–Crippen LogP) is 1.66. The number of aliphatic hydroxyl groups excluding tert-OH is 2. The zero-order valence-electron chi connectivity index (χ0n) is 18.6. The van der Waals surface area contributed by atoms with Gasteiger partial charge < -0.3 is 29.1 Å². The molecule has 2 aliphatic rings. The van der Waals surface area contributed by atoms with Crippen LogP contribution in [-0.2, 0) is 9.53 Å². The Morgan fingerprint density at radius 1 is 1.33 bits per heavy atom. The van der Waals surface area contributed by atoms with Crippen molar-refractivity contribution < 1.29 is 33.8 Å². The van der Waals surface area contributed by atoms with Crippen LogP contribution in [0, 0.1) is 13.8 Å². The molecule has 3 heterocycles. The minimum absolute atomic E-state index is 0.178. The number of aryl methyl sites for hydroxylation is 2. The number of hydrogen-bond donors (Lipinski definition) is 2. The lowest BCUT2D eigenvalue weighted by atomic mass is 9.91. The van der Waals surface area contributed by atoms with E-state index >= 15 is 0 Å². The first kappa shape index (κ1) is 22.8. The summed E-state index contributed by atoms with van der Waals surface area (Å²) in [6.07, 6.45) is 1.79. The van der Waals surface area contributed by atoms with Gasteiger partial charge in [0, 0.05) is 24.8 Å². The van der Waals surface area contributed by atoms with Crippen LogP contribution in [0.5, 0.6) is 5.88 Å². The summed E-state index contributed by atoms with van der Waals surface area (Å²) in [6, 6.07) is 5.50. The van der Waals surface area contributed by atoms with Crippen LogP contribution in [0.4, 0.5) is 10.5 Å². The van der Waals surface area contributed by atoms with Gasteiger partial charge in [-0.2, -0.15) is 0 Å². The molecule has 0 radical (unpaired) electrons. The molecule has 10 nitrogen and oxygen atoms in total. The second-order valence-electron chi connectivity index (χ2n) is 8.18. The number of nitrogens with zero attached hydrogens (tertiary/aromatic N) is 3. The van der Waals surface area contributed by atoms with Gasteiger partial charge in [-0.05, 0) is 59.8 Å². The van der Waals surface area contributed by atoms with Crippen molar-refractivity contribution in [3.8, 4) is 5.88 Å². The number of carbonyl (C=O) groups excluding carboxylic acids is 2. The maximum Gasteiger partial charge on any atom is 0.414 e. The number of anilines is 1. The molecular weight excluding hydrogens is 430 g/mol. The summed E-state index contributed by atoms with van der Waals surface area (Å²) in [7, 11) is 0. The zero-order valence-corrected chi connectivity index (χ0v) is 18.6. The largest absolute Gasteiger partial charge is 0.471 e. The summed E-state index contributed by atoms with van der Waals surface area (Å²) in [6.45, 7) is 4.78. The van der Waals surface area contributed by atoms with Crippen molar-refractivity contribution >= 4 is 23.3 Å². The Hall–Kier alpha value is -3.37. The van der Waals surface area contributed by atoms with Crippen molar-refractivity contribution in [1.82, 2.24) is 10.1 Å². The fraction of sp³-hybridized carbons (Fsp3) is 0.435. The molecule has 0 saturated carbocycles. The zero-order chi connectivity index (χ0) is 23.5. The van der Waals surface area contributed by atoms with Crippen molar-refractivity contribution in [2.45, 2.75) is 32.5 Å². The highest BCUT2D eigenvalue weighted by Gasteiger charge is 2.33. The number of amides is 2. The third kappa shape index (κ3) is 4.86. The lowest BCUT2D eigenvalue weighted by molar-refractivity contribution is -0.141. The molecule has 0 bridgehead atoms. The fourth-order valence-electron chi connectivity index (χ4n) is 4.26. The lowest BCUT2D eigenvalue weighted by Gasteiger charge is -2.29. The van der Waals surface area contributed by atoms with Gasteiger partial charge in [0.25, 0.3) is 11.8 Å². The highest BCUT2D eigenvalue weighted by molar-refractivity contribution is 5.91. The van der Waals surface area contributed by atoms with Crippen molar-refractivity contribution in [3.63, 3.8) is 0 Å². The van der Waals surface area contributed by atoms with Crippen LogP contribution in [0.1, 0.15) is 23.1 Å². The Balaban J connectivity index is 1.45. The SMILES string of the molecule is Cc1cc(N2C[C@H](COc3ccon3)OC2=O)cc(C)c1C1=CCN(C(=O)[C@@H](O)CO)CC1. The molecule has 176 valence electrons. The van der Waals surface area contributed by atoms with Gasteiger partial charge in [0.15, 0.2) is 12.2 Å². The number of carbonyl (C=O) groups is 2. The van der Waals surface area contributed by atoms with Gasteiger partial charge in [0.05, 0.1) is 13.2 Å². The predicted molar refractivity (Wildman–Crippen MR) is 118 cm³/mol. The molecule has 0 aliphatic carbocycles. The highest BCUT2D eigenvalue weighted by atomic mass is 16.6. The molecule has 2 aromatic rings. The summed E-state index contributed by atoms with van der Waals surface area (Å²) in [4.78, 5) is 27.7. The number of benzene rings is 1. The minimum Gasteiger partial charge on any atom is -0.471 e. The van der Waals surface area contributed by atoms with E-state index in [9.17, 15) is 14.7 Å². The van der Waals surface area contributed by atoms with Crippen LogP contribution in [0.2, 0.25) is 0 Å². The molecule has 2 aliphatic heterocycles. The van der Waals surface area contributed by atoms with E-state index < -0.39 is 30.8 Å². The van der Waals surface area contributed by atoms with Gasteiger partial charge in [-0.25, -0.2) is 4.79 Å². The van der Waals surface area contributed by atoms with Gasteiger partial charge in [0.1, 0.15) is 12.9 Å². The van der Waals surface area contributed by atoms with Crippen LogP contribution < -0.4 is 9.64 Å². The first-order valence-electron chi connectivity index (χ1n) is 10.8. The molecule has 2 atom stereocenters. The van der Waals surface area contributed by atoms with Crippen molar-refractivity contribution in [1.29, 1.82) is 0 Å². The monoisotopic (exact) mass is 457 g/mol. The molecule has 4 rings (SSSR count). The standard InChI is InChI=1S/C23H27N3O7/c1-14-9-17(26-11-18(33-23(26)30)13-31-20-5-8-32-24-20)10-15(2)21(14)16-3-6-25(7-4-16)22(29)19(28)12-27/h3,5,8-10,18-19,27-28H,4,6-7,11-13H2,1-2H3/t18-,19+/m1/s1. The first-order chi connectivity index (χ1) is 15.9. The number of hydrogen-bond acceptors (Lipinski definition) is 8. The molecular formula is C23H27N3O7. The first-order valence-corrected chi connectivity index (χ1v) is 10.8. The van der Waals surface area contributed by atoms with E-state index in [1.54, 1.807) is 11.0 Å². The normalized spacial score (nSPS) is 19.3. The Morgan fingerprint density at radius 3 is 2.70 bits per heavy atom. The van der Waals surface area contributed by atoms with Gasteiger partial charge in [-0.3, -0.25) is 9.69 Å². The Morgan fingerprint density at radius 2 is 2.09 bits per heavy atom. The molecule has 1 aromatic carbocycles. The van der Waals surface area contributed by atoms with Crippen LogP contribution in [0.15, 0.2) is 35.1 Å². The molecule has 0 unspecified atom stereocenters. The van der Waals surface area contributed by atoms with E-state index in [1.807, 2.05) is 32.1 Å². The quantitative estimate of drug-likeness (QED) is 0.643. The molecule has 33 heavy (non-hydrogen) atoms. The third-order valence-electron chi connectivity index (χ3n) is 5.83. The Kier molecular flexibility index (Phi) is 6.66. The van der Waals surface area contributed by atoms with Crippen molar-refractivity contribution in [2.75, 3.05) is 37.7 Å². The van der Waals surface area contributed by atoms with Crippen LogP contribution in [0.3, 0.4) is 0 Å². The molecule has 0 spiro atoms. The lowest BCUT2D eigenvalue weighted by Crippen LogP contribution is -2.42. The number of rotatable bonds is 7.